The van der Waals surface area contributed by atoms with Crippen molar-refractivity contribution in [2.45, 2.75) is 63.4 Å². The summed E-state index contributed by atoms with van der Waals surface area (Å²) in [7, 11) is -3.53. The fourth-order valence-corrected chi connectivity index (χ4v) is 4.82. The van der Waals surface area contributed by atoms with Crippen LogP contribution in [0.1, 0.15) is 45.1 Å². The van der Waals surface area contributed by atoms with E-state index in [1.54, 1.807) is 12.1 Å². The fraction of sp³-hybridized carbons (Fsp3) is 0.632. The molecule has 1 heterocycles. The topological polar surface area (TPSA) is 67.8 Å². The Hall–Kier alpha value is -1.40. The van der Waals surface area contributed by atoms with Crippen molar-refractivity contribution in [3.05, 3.63) is 29.8 Å². The molecule has 0 radical (unpaired) electrons. The zero-order valence-electron chi connectivity index (χ0n) is 15.2. The van der Waals surface area contributed by atoms with Crippen molar-refractivity contribution in [1.82, 2.24) is 4.72 Å². The lowest BCUT2D eigenvalue weighted by Gasteiger charge is -2.31. The van der Waals surface area contributed by atoms with Crippen LogP contribution in [0.4, 0.5) is 0 Å². The summed E-state index contributed by atoms with van der Waals surface area (Å²) in [5.41, 5.74) is 1.04. The van der Waals surface area contributed by atoms with Crippen molar-refractivity contribution in [1.29, 1.82) is 0 Å². The highest BCUT2D eigenvalue weighted by atomic mass is 32.2. The molecule has 1 aromatic rings. The summed E-state index contributed by atoms with van der Waals surface area (Å²) in [6.07, 6.45) is 3.86. The molecule has 25 heavy (non-hydrogen) atoms. The summed E-state index contributed by atoms with van der Waals surface area (Å²) in [6, 6.07) is 7.01. The van der Waals surface area contributed by atoms with Gasteiger partial charge in [0.25, 0.3) is 0 Å². The number of benzene rings is 1. The first kappa shape index (κ1) is 18.4. The van der Waals surface area contributed by atoms with Gasteiger partial charge in [-0.2, -0.15) is 0 Å². The van der Waals surface area contributed by atoms with Gasteiger partial charge in [0.1, 0.15) is 6.61 Å². The largest absolute Gasteiger partial charge is 0.478 e. The number of hydrogen-bond acceptors (Lipinski definition) is 4. The molecule has 0 aromatic heterocycles. The third kappa shape index (κ3) is 4.23. The van der Waals surface area contributed by atoms with Gasteiger partial charge in [-0.05, 0) is 37.8 Å². The fourth-order valence-electron chi connectivity index (χ4n) is 3.51. The minimum atomic E-state index is -3.53. The molecule has 1 fully saturated rings. The molecule has 0 saturated heterocycles. The lowest BCUT2D eigenvalue weighted by atomic mass is 9.85. The molecule has 2 aliphatic rings. The van der Waals surface area contributed by atoms with Crippen LogP contribution < -0.4 is 4.72 Å². The molecule has 0 amide bonds. The van der Waals surface area contributed by atoms with Gasteiger partial charge in [0.2, 0.25) is 10.0 Å². The molecular weight excluding hydrogens is 336 g/mol. The maximum absolute atomic E-state index is 12.8. The van der Waals surface area contributed by atoms with Gasteiger partial charge >= 0.3 is 0 Å². The van der Waals surface area contributed by atoms with Gasteiger partial charge in [-0.3, -0.25) is 0 Å². The van der Waals surface area contributed by atoms with Gasteiger partial charge in [0.05, 0.1) is 16.9 Å². The molecule has 3 atom stereocenters. The van der Waals surface area contributed by atoms with Crippen LogP contribution in [0.5, 0.6) is 0 Å². The molecule has 3 rings (SSSR count). The molecule has 0 spiro atoms. The first-order valence-corrected chi connectivity index (χ1v) is 10.6. The Labute approximate surface area is 150 Å². The smallest absolute Gasteiger partial charge is 0.240 e. The number of nitrogens with one attached hydrogen (secondary N) is 1. The Kier molecular flexibility index (Phi) is 5.49. The van der Waals surface area contributed by atoms with E-state index in [4.69, 9.17) is 9.73 Å². The molecule has 1 aromatic carbocycles. The second kappa shape index (κ2) is 7.46. The van der Waals surface area contributed by atoms with E-state index >= 15 is 0 Å². The van der Waals surface area contributed by atoms with E-state index in [0.29, 0.717) is 17.4 Å². The van der Waals surface area contributed by atoms with Gasteiger partial charge in [0, 0.05) is 6.04 Å². The Balaban J connectivity index is 1.77. The van der Waals surface area contributed by atoms with Gasteiger partial charge in [0.15, 0.2) is 5.90 Å². The van der Waals surface area contributed by atoms with Crippen LogP contribution in [0.25, 0.3) is 0 Å². The second-order valence-corrected chi connectivity index (χ2v) is 9.24. The number of hydrogen-bond donors (Lipinski definition) is 1. The quantitative estimate of drug-likeness (QED) is 0.872. The van der Waals surface area contributed by atoms with E-state index in [2.05, 4.69) is 18.6 Å². The lowest BCUT2D eigenvalue weighted by Crippen LogP contribution is -2.45. The lowest BCUT2D eigenvalue weighted by molar-refractivity contribution is 0.252. The van der Waals surface area contributed by atoms with Crippen molar-refractivity contribution in [3.63, 3.8) is 0 Å². The Morgan fingerprint density at radius 3 is 2.48 bits per heavy atom. The van der Waals surface area contributed by atoms with Gasteiger partial charge in [-0.15, -0.1) is 0 Å². The molecule has 0 bridgehead atoms. The highest BCUT2D eigenvalue weighted by Gasteiger charge is 2.36. The minimum absolute atomic E-state index is 0.0396. The van der Waals surface area contributed by atoms with Crippen molar-refractivity contribution in [3.8, 4) is 0 Å². The molecular formula is C19H28N2O3S. The summed E-state index contributed by atoms with van der Waals surface area (Å²) in [5.74, 6) is 1.22. The Bertz CT molecular complexity index is 726. The highest BCUT2D eigenvalue weighted by Crippen LogP contribution is 2.30. The minimum Gasteiger partial charge on any atom is -0.478 e. The van der Waals surface area contributed by atoms with Gasteiger partial charge < -0.3 is 4.74 Å². The summed E-state index contributed by atoms with van der Waals surface area (Å²) < 4.78 is 34.3. The van der Waals surface area contributed by atoms with Crippen LogP contribution in [0.3, 0.4) is 0 Å². The summed E-state index contributed by atoms with van der Waals surface area (Å²) >= 11 is 0. The summed E-state index contributed by atoms with van der Waals surface area (Å²) in [5, 5.41) is 0. The van der Waals surface area contributed by atoms with Crippen molar-refractivity contribution < 1.29 is 13.2 Å². The van der Waals surface area contributed by atoms with E-state index in [1.165, 1.54) is 0 Å². The molecule has 6 heteroatoms. The van der Waals surface area contributed by atoms with Gasteiger partial charge in [-0.1, -0.05) is 44.4 Å². The Morgan fingerprint density at radius 2 is 1.84 bits per heavy atom. The van der Waals surface area contributed by atoms with E-state index in [1.807, 2.05) is 19.1 Å². The standard InChI is InChI=1S/C19H28N2O3S/c1-13(2)18-12-24-19(20-18)16-6-4-5-7-17(16)21-25(22,23)15-10-8-14(3)9-11-15/h8-11,13,16-18,21H,4-7,12H2,1-3H3/t16-,17+,18+/m0/s1. The number of sulfonamides is 1. The predicted octanol–water partition coefficient (Wildman–Crippen LogP) is 3.29. The second-order valence-electron chi connectivity index (χ2n) is 7.52. The molecule has 0 unspecified atom stereocenters. The first-order chi connectivity index (χ1) is 11.9. The molecule has 1 N–H and O–H groups in total. The normalized spacial score (nSPS) is 27.2. The number of aliphatic imine (C=N–C) groups is 1. The van der Waals surface area contributed by atoms with E-state index in [9.17, 15) is 8.42 Å². The van der Waals surface area contributed by atoms with E-state index < -0.39 is 10.0 Å². The average Bonchev–Trinajstić information content (AvgIpc) is 3.05. The van der Waals surface area contributed by atoms with Crippen LogP contribution in [-0.2, 0) is 14.8 Å². The number of aryl methyl sites for hydroxylation is 1. The highest BCUT2D eigenvalue weighted by molar-refractivity contribution is 7.89. The number of rotatable bonds is 5. The van der Waals surface area contributed by atoms with Crippen LogP contribution in [0, 0.1) is 18.8 Å². The third-order valence-electron chi connectivity index (χ3n) is 5.19. The van der Waals surface area contributed by atoms with Crippen LogP contribution in [0.2, 0.25) is 0 Å². The van der Waals surface area contributed by atoms with Crippen molar-refractivity contribution in [2.75, 3.05) is 6.61 Å². The molecule has 1 saturated carbocycles. The SMILES string of the molecule is Cc1ccc(S(=O)(=O)N[C@@H]2CCCC[C@@H]2C2=N[C@@H](C(C)C)CO2)cc1. The average molecular weight is 365 g/mol. The molecule has 5 nitrogen and oxygen atoms in total. The van der Waals surface area contributed by atoms with Crippen LogP contribution in [0.15, 0.2) is 34.2 Å². The van der Waals surface area contributed by atoms with E-state index in [-0.39, 0.29) is 18.0 Å². The van der Waals surface area contributed by atoms with Crippen LogP contribution >= 0.6 is 0 Å². The third-order valence-corrected chi connectivity index (χ3v) is 6.69. The number of nitrogens with zero attached hydrogens (tertiary/aromatic N) is 1. The zero-order valence-corrected chi connectivity index (χ0v) is 16.1. The first-order valence-electron chi connectivity index (χ1n) is 9.16. The van der Waals surface area contributed by atoms with E-state index in [0.717, 1.165) is 37.1 Å². The zero-order chi connectivity index (χ0) is 18.0. The van der Waals surface area contributed by atoms with Crippen molar-refractivity contribution in [2.24, 2.45) is 16.8 Å². The maximum Gasteiger partial charge on any atom is 0.240 e. The van der Waals surface area contributed by atoms with Crippen molar-refractivity contribution >= 4 is 15.9 Å². The van der Waals surface area contributed by atoms with Gasteiger partial charge in [-0.25, -0.2) is 18.1 Å². The summed E-state index contributed by atoms with van der Waals surface area (Å²) in [6.45, 7) is 6.83. The Morgan fingerprint density at radius 1 is 1.16 bits per heavy atom. The number of ether oxygens (including phenoxy) is 1. The summed E-state index contributed by atoms with van der Waals surface area (Å²) in [4.78, 5) is 5.05. The molecule has 1 aliphatic carbocycles. The maximum atomic E-state index is 12.8. The molecule has 1 aliphatic heterocycles. The predicted molar refractivity (Wildman–Crippen MR) is 99.3 cm³/mol. The molecule has 138 valence electrons. The monoisotopic (exact) mass is 364 g/mol. The van der Waals surface area contributed by atoms with Crippen LogP contribution in [-0.4, -0.2) is 33.0 Å².